The van der Waals surface area contributed by atoms with E-state index in [2.05, 4.69) is 27.7 Å². The highest BCUT2D eigenvalue weighted by Crippen LogP contribution is 2.39. The fourth-order valence-corrected chi connectivity index (χ4v) is 3.66. The fourth-order valence-electron chi connectivity index (χ4n) is 1.31. The Morgan fingerprint density at radius 2 is 2.40 bits per heavy atom. The molecule has 15 heavy (non-hydrogen) atoms. The van der Waals surface area contributed by atoms with Gasteiger partial charge in [0.15, 0.2) is 0 Å². The Labute approximate surface area is 106 Å². The van der Waals surface area contributed by atoms with Gasteiger partial charge in [0, 0.05) is 7.05 Å². The summed E-state index contributed by atoms with van der Waals surface area (Å²) >= 11 is 4.02. The first-order chi connectivity index (χ1) is 6.94. The number of hydrogen-bond acceptors (Lipinski definition) is 3. The van der Waals surface area contributed by atoms with Crippen LogP contribution in [-0.2, 0) is 0 Å². The summed E-state index contributed by atoms with van der Waals surface area (Å²) in [6, 6.07) is 0. The molecular formula is C9H13F2IN2S. The van der Waals surface area contributed by atoms with Gasteiger partial charge in [-0.3, -0.25) is 5.01 Å². The van der Waals surface area contributed by atoms with Crippen molar-refractivity contribution in [3.8, 4) is 0 Å². The van der Waals surface area contributed by atoms with Gasteiger partial charge in [-0.25, -0.2) is 0 Å². The molecule has 0 aromatic heterocycles. The van der Waals surface area contributed by atoms with Gasteiger partial charge in [0.1, 0.15) is 2.75 Å². The molecule has 0 bridgehead atoms. The van der Waals surface area contributed by atoms with Crippen molar-refractivity contribution < 1.29 is 8.78 Å². The summed E-state index contributed by atoms with van der Waals surface area (Å²) in [7, 11) is 1.92. The molecule has 0 fully saturated rings. The zero-order valence-electron chi connectivity index (χ0n) is 8.64. The van der Waals surface area contributed by atoms with Gasteiger partial charge < -0.3 is 0 Å². The number of hydrazone groups is 1. The Bertz CT molecular complexity index is 292. The molecule has 0 radical (unpaired) electrons. The first kappa shape index (κ1) is 13.2. The summed E-state index contributed by atoms with van der Waals surface area (Å²) in [5.74, 6) is 0.695. The van der Waals surface area contributed by atoms with Gasteiger partial charge in [0.2, 0.25) is 0 Å². The molecule has 1 heterocycles. The minimum Gasteiger partial charge on any atom is -0.297 e. The Morgan fingerprint density at radius 3 is 2.87 bits per heavy atom. The average molecular weight is 346 g/mol. The Hall–Kier alpha value is 0.150. The summed E-state index contributed by atoms with van der Waals surface area (Å²) < 4.78 is 23.5. The van der Waals surface area contributed by atoms with E-state index in [1.165, 1.54) is 0 Å². The molecule has 1 rings (SSSR count). The summed E-state index contributed by atoms with van der Waals surface area (Å²) in [6.07, 6.45) is -0.209. The molecule has 1 unspecified atom stereocenters. The highest BCUT2D eigenvalue weighted by molar-refractivity contribution is 14.1. The Balaban J connectivity index is 2.39. The minimum atomic E-state index is -1.59. The first-order valence-corrected chi connectivity index (χ1v) is 6.61. The van der Waals surface area contributed by atoms with E-state index in [9.17, 15) is 8.78 Å². The monoisotopic (exact) mass is 346 g/mol. The van der Waals surface area contributed by atoms with Crippen LogP contribution < -0.4 is 0 Å². The number of thioether (sulfide) groups is 1. The van der Waals surface area contributed by atoms with E-state index in [1.54, 1.807) is 11.8 Å². The molecule has 0 spiro atoms. The maximum atomic E-state index is 11.8. The lowest BCUT2D eigenvalue weighted by Crippen LogP contribution is -2.29. The fraction of sp³-hybridized carbons (Fsp3) is 0.667. The summed E-state index contributed by atoms with van der Waals surface area (Å²) in [4.78, 5) is 0. The number of rotatable bonds is 4. The molecule has 0 amide bonds. The minimum absolute atomic E-state index is 0.0485. The van der Waals surface area contributed by atoms with Crippen molar-refractivity contribution in [3.05, 3.63) is 12.2 Å². The number of allylic oxidation sites excluding steroid dienone is 1. The quantitative estimate of drug-likeness (QED) is 0.441. The second kappa shape index (κ2) is 5.47. The lowest BCUT2D eigenvalue weighted by atomic mass is 10.3. The molecule has 0 aromatic rings. The van der Waals surface area contributed by atoms with Crippen LogP contribution in [0.15, 0.2) is 17.3 Å². The lowest BCUT2D eigenvalue weighted by molar-refractivity contribution is 0.393. The van der Waals surface area contributed by atoms with Crippen LogP contribution in [0.25, 0.3) is 0 Å². The molecule has 1 aliphatic rings. The van der Waals surface area contributed by atoms with Gasteiger partial charge in [-0.05, 0) is 25.2 Å². The van der Waals surface area contributed by atoms with Crippen molar-refractivity contribution in [1.82, 2.24) is 5.01 Å². The molecule has 0 aliphatic carbocycles. The summed E-state index contributed by atoms with van der Waals surface area (Å²) in [5, 5.41) is 6.20. The molecule has 86 valence electrons. The van der Waals surface area contributed by atoms with Crippen molar-refractivity contribution in [1.29, 1.82) is 0 Å². The van der Waals surface area contributed by atoms with Crippen molar-refractivity contribution in [2.75, 3.05) is 19.3 Å². The first-order valence-electron chi connectivity index (χ1n) is 4.55. The Kier molecular flexibility index (Phi) is 4.82. The second-order valence-corrected chi connectivity index (χ2v) is 7.33. The van der Waals surface area contributed by atoms with E-state index in [4.69, 9.17) is 0 Å². The molecule has 1 atom stereocenters. The standard InChI is InChI=1S/C9H13F2IN2S/c1-7-9(12,6-14(2)13-7)15-5-3-4-8(10)11/h4H,3,5-6H2,1-2H3. The molecular weight excluding hydrogens is 333 g/mol. The molecule has 1 aliphatic heterocycles. The third-order valence-corrected chi connectivity index (χ3v) is 5.42. The highest BCUT2D eigenvalue weighted by Gasteiger charge is 2.36. The van der Waals surface area contributed by atoms with Gasteiger partial charge >= 0.3 is 0 Å². The van der Waals surface area contributed by atoms with Crippen LogP contribution in [0.1, 0.15) is 13.3 Å². The molecule has 0 aromatic carbocycles. The van der Waals surface area contributed by atoms with E-state index in [0.29, 0.717) is 12.2 Å². The smallest absolute Gasteiger partial charge is 0.266 e. The van der Waals surface area contributed by atoms with E-state index in [0.717, 1.165) is 18.3 Å². The predicted molar refractivity (Wildman–Crippen MR) is 69.9 cm³/mol. The predicted octanol–water partition coefficient (Wildman–Crippen LogP) is 3.34. The zero-order valence-corrected chi connectivity index (χ0v) is 11.6. The SMILES string of the molecule is CC1=NN(C)CC1(I)SCCC=C(F)F. The molecule has 0 N–H and O–H groups in total. The highest BCUT2D eigenvalue weighted by atomic mass is 127. The van der Waals surface area contributed by atoms with E-state index >= 15 is 0 Å². The second-order valence-electron chi connectivity index (χ2n) is 3.36. The molecule has 0 saturated heterocycles. The van der Waals surface area contributed by atoms with Crippen molar-refractivity contribution in [2.45, 2.75) is 16.1 Å². The van der Waals surface area contributed by atoms with Crippen LogP contribution in [0.2, 0.25) is 0 Å². The van der Waals surface area contributed by atoms with E-state index < -0.39 is 6.08 Å². The Morgan fingerprint density at radius 1 is 1.73 bits per heavy atom. The van der Waals surface area contributed by atoms with Crippen LogP contribution in [0, 0.1) is 0 Å². The van der Waals surface area contributed by atoms with Gasteiger partial charge in [-0.15, -0.1) is 11.8 Å². The van der Waals surface area contributed by atoms with Gasteiger partial charge in [-0.1, -0.05) is 22.6 Å². The van der Waals surface area contributed by atoms with Crippen molar-refractivity contribution in [2.24, 2.45) is 5.10 Å². The molecule has 6 heteroatoms. The van der Waals surface area contributed by atoms with Crippen molar-refractivity contribution >= 4 is 40.1 Å². The number of hydrogen-bond donors (Lipinski definition) is 0. The molecule has 0 saturated carbocycles. The van der Waals surface area contributed by atoms with Gasteiger partial charge in [0.05, 0.1) is 12.3 Å². The normalized spacial score (nSPS) is 25.4. The number of halogens is 3. The zero-order chi connectivity index (χ0) is 11.5. The maximum absolute atomic E-state index is 11.8. The average Bonchev–Trinajstić information content (AvgIpc) is 2.35. The molecule has 2 nitrogen and oxygen atoms in total. The van der Waals surface area contributed by atoms with E-state index in [-0.39, 0.29) is 2.75 Å². The van der Waals surface area contributed by atoms with Gasteiger partial charge in [0.25, 0.3) is 6.08 Å². The largest absolute Gasteiger partial charge is 0.297 e. The van der Waals surface area contributed by atoms with Gasteiger partial charge in [-0.2, -0.15) is 13.9 Å². The topological polar surface area (TPSA) is 15.6 Å². The number of nitrogens with zero attached hydrogens (tertiary/aromatic N) is 2. The third-order valence-electron chi connectivity index (χ3n) is 2.04. The van der Waals surface area contributed by atoms with Crippen LogP contribution in [-0.4, -0.2) is 32.8 Å². The summed E-state index contributed by atoms with van der Waals surface area (Å²) in [6.45, 7) is 2.82. The van der Waals surface area contributed by atoms with Crippen LogP contribution in [0.4, 0.5) is 8.78 Å². The van der Waals surface area contributed by atoms with Crippen LogP contribution in [0.3, 0.4) is 0 Å². The third kappa shape index (κ3) is 3.90. The van der Waals surface area contributed by atoms with Crippen LogP contribution in [0.5, 0.6) is 0 Å². The van der Waals surface area contributed by atoms with Crippen LogP contribution >= 0.6 is 34.4 Å². The lowest BCUT2D eigenvalue weighted by Gasteiger charge is -2.21. The van der Waals surface area contributed by atoms with Crippen molar-refractivity contribution in [3.63, 3.8) is 0 Å². The number of alkyl halides is 1. The maximum Gasteiger partial charge on any atom is 0.266 e. The van der Waals surface area contributed by atoms with E-state index in [1.807, 2.05) is 19.0 Å². The summed E-state index contributed by atoms with van der Waals surface area (Å²) in [5.41, 5.74) is 1.06.